The zero-order valence-electron chi connectivity index (χ0n) is 35.0. The molecule has 0 bridgehead atoms. The Labute approximate surface area is 337 Å². The van der Waals surface area contributed by atoms with Gasteiger partial charge in [0.05, 0.1) is 47.4 Å². The van der Waals surface area contributed by atoms with Gasteiger partial charge in [-0.05, 0) is 30.4 Å². The third-order valence-electron chi connectivity index (χ3n) is 10.4. The lowest BCUT2D eigenvalue weighted by molar-refractivity contribution is -0.870. The van der Waals surface area contributed by atoms with Crippen molar-refractivity contribution in [2.75, 3.05) is 99.8 Å². The van der Waals surface area contributed by atoms with Gasteiger partial charge in [0, 0.05) is 45.7 Å². The molecule has 1 fully saturated rings. The lowest BCUT2D eigenvalue weighted by atomic mass is 10.0. The van der Waals surface area contributed by atoms with Gasteiger partial charge in [0.1, 0.15) is 13.2 Å². The first-order valence-electron chi connectivity index (χ1n) is 21.3. The molecule has 1 atom stereocenters. The number of hydrogen-bond donors (Lipinski definition) is 3. The minimum absolute atomic E-state index is 0.102. The molecule has 0 radical (unpaired) electrons. The maximum atomic E-state index is 13.0. The van der Waals surface area contributed by atoms with Crippen molar-refractivity contribution in [1.29, 1.82) is 0 Å². The first-order chi connectivity index (χ1) is 26.7. The van der Waals surface area contributed by atoms with Crippen molar-refractivity contribution >= 4 is 25.5 Å². The van der Waals surface area contributed by atoms with Crippen molar-refractivity contribution in [3.8, 4) is 0 Å². The van der Waals surface area contributed by atoms with Crippen molar-refractivity contribution in [3.05, 3.63) is 35.4 Å². The number of benzene rings is 1. The van der Waals surface area contributed by atoms with E-state index in [0.717, 1.165) is 31.2 Å². The molecule has 3 N–H and O–H groups in total. The number of hydrogen-bond acceptors (Lipinski definition) is 9. The standard InChI is InChI=1S/C42H75N4O9P/c1-46(2,3)31-33-55-56(52,53)54-32-19-17-15-13-11-9-7-5-4-6-8-10-12-14-16-18-20-38-21-23-39(24-22-38)34-40(47)35-43-25-27-44(36-41(48)49)29-30-45(28-26-43)37-42(50)51/h21-24H,4-20,25-37H2,1-3H3,(H2-,48,49,50,51,52,53)/p+1. The van der Waals surface area contributed by atoms with Crippen LogP contribution in [0.15, 0.2) is 24.3 Å². The number of aliphatic carboxylic acids is 2. The van der Waals surface area contributed by atoms with Crippen LogP contribution in [0.2, 0.25) is 0 Å². The molecule has 1 heterocycles. The van der Waals surface area contributed by atoms with E-state index in [-0.39, 0.29) is 38.6 Å². The summed E-state index contributed by atoms with van der Waals surface area (Å²) in [6.45, 7) is 4.32. The lowest BCUT2D eigenvalue weighted by Gasteiger charge is -2.24. The zero-order valence-corrected chi connectivity index (χ0v) is 35.9. The Morgan fingerprint density at radius 2 is 0.929 bits per heavy atom. The van der Waals surface area contributed by atoms with E-state index in [0.29, 0.717) is 56.7 Å². The van der Waals surface area contributed by atoms with E-state index in [9.17, 15) is 34.1 Å². The maximum Gasteiger partial charge on any atom is 0.472 e. The number of quaternary nitrogens is 1. The van der Waals surface area contributed by atoms with Gasteiger partial charge in [0.2, 0.25) is 0 Å². The van der Waals surface area contributed by atoms with E-state index in [2.05, 4.69) is 24.3 Å². The van der Waals surface area contributed by atoms with Gasteiger partial charge < -0.3 is 19.6 Å². The zero-order chi connectivity index (χ0) is 41.1. The lowest BCUT2D eigenvalue weighted by Crippen LogP contribution is -2.40. The van der Waals surface area contributed by atoms with Crippen molar-refractivity contribution in [1.82, 2.24) is 14.7 Å². The molecule has 0 aromatic heterocycles. The first-order valence-corrected chi connectivity index (χ1v) is 22.8. The summed E-state index contributed by atoms with van der Waals surface area (Å²) in [5.41, 5.74) is 2.30. The second kappa shape index (κ2) is 29.1. The van der Waals surface area contributed by atoms with Crippen LogP contribution in [0.1, 0.15) is 114 Å². The normalized spacial score (nSPS) is 16.2. The Bertz CT molecular complexity index is 1250. The number of ketones is 1. The Morgan fingerprint density at radius 3 is 1.34 bits per heavy atom. The molecule has 322 valence electrons. The molecule has 0 amide bonds. The van der Waals surface area contributed by atoms with E-state index in [4.69, 9.17) is 9.05 Å². The number of phosphoric acid groups is 1. The monoisotopic (exact) mass is 812 g/mol. The molecule has 14 heteroatoms. The molecular weight excluding hydrogens is 735 g/mol. The fourth-order valence-electron chi connectivity index (χ4n) is 6.95. The van der Waals surface area contributed by atoms with Crippen LogP contribution in [0.5, 0.6) is 0 Å². The molecule has 0 aliphatic carbocycles. The molecule has 1 unspecified atom stereocenters. The van der Waals surface area contributed by atoms with E-state index in [1.54, 1.807) is 0 Å². The van der Waals surface area contributed by atoms with Crippen molar-refractivity contribution in [2.24, 2.45) is 0 Å². The third-order valence-corrected chi connectivity index (χ3v) is 11.4. The number of carboxylic acids is 2. The van der Waals surface area contributed by atoms with E-state index >= 15 is 0 Å². The number of aryl methyl sites for hydroxylation is 1. The molecule has 13 nitrogen and oxygen atoms in total. The molecule has 1 saturated heterocycles. The number of carbonyl (C=O) groups is 3. The summed E-state index contributed by atoms with van der Waals surface area (Å²) < 4.78 is 22.7. The Hall–Kier alpha value is -2.22. The summed E-state index contributed by atoms with van der Waals surface area (Å²) >= 11 is 0. The summed E-state index contributed by atoms with van der Waals surface area (Å²) in [7, 11) is 2.09. The molecule has 1 aliphatic heterocycles. The molecule has 1 aromatic carbocycles. The van der Waals surface area contributed by atoms with Gasteiger partial charge >= 0.3 is 19.8 Å². The van der Waals surface area contributed by atoms with Crippen LogP contribution in [0.3, 0.4) is 0 Å². The van der Waals surface area contributed by atoms with Crippen LogP contribution >= 0.6 is 7.82 Å². The Balaban J connectivity index is 1.44. The van der Waals surface area contributed by atoms with E-state index in [1.165, 1.54) is 89.0 Å². The summed E-state index contributed by atoms with van der Waals surface area (Å²) in [6.07, 6.45) is 21.0. The fraction of sp³-hybridized carbons (Fsp3) is 0.786. The number of unbranched alkanes of at least 4 members (excludes halogenated alkanes) is 15. The van der Waals surface area contributed by atoms with Crippen LogP contribution in [0, 0.1) is 0 Å². The summed E-state index contributed by atoms with van der Waals surface area (Å²) in [5.74, 6) is -1.72. The van der Waals surface area contributed by atoms with Crippen LogP contribution in [-0.2, 0) is 40.8 Å². The van der Waals surface area contributed by atoms with Gasteiger partial charge in [-0.3, -0.25) is 38.1 Å². The van der Waals surface area contributed by atoms with Crippen LogP contribution in [-0.4, -0.2) is 152 Å². The number of likely N-dealkylation sites (N-methyl/N-ethyl adjacent to an activating group) is 1. The van der Waals surface area contributed by atoms with Crippen LogP contribution in [0.25, 0.3) is 0 Å². The van der Waals surface area contributed by atoms with Gasteiger partial charge in [0.25, 0.3) is 0 Å². The third kappa shape index (κ3) is 27.4. The SMILES string of the molecule is C[N+](C)(C)CCOP(=O)(O)OCCCCCCCCCCCCCCCCCCc1ccc(CC(=O)CN2CCN(CC(=O)O)CCN(CC(=O)O)CC2)cc1. The second-order valence-electron chi connectivity index (χ2n) is 16.7. The fourth-order valence-corrected chi connectivity index (χ4v) is 7.70. The number of carbonyl (C=O) groups excluding carboxylic acids is 1. The molecule has 2 rings (SSSR count). The van der Waals surface area contributed by atoms with Gasteiger partial charge in [-0.25, -0.2) is 4.57 Å². The predicted octanol–water partition coefficient (Wildman–Crippen LogP) is 6.51. The minimum atomic E-state index is -3.93. The van der Waals surface area contributed by atoms with Crippen LogP contribution in [0.4, 0.5) is 0 Å². The van der Waals surface area contributed by atoms with E-state index in [1.807, 2.05) is 35.8 Å². The maximum absolute atomic E-state index is 13.0. The van der Waals surface area contributed by atoms with Crippen LogP contribution < -0.4 is 0 Å². The van der Waals surface area contributed by atoms with Gasteiger partial charge in [-0.2, -0.15) is 0 Å². The molecule has 0 spiro atoms. The smallest absolute Gasteiger partial charge is 0.472 e. The molecule has 0 saturated carbocycles. The average molecular weight is 812 g/mol. The van der Waals surface area contributed by atoms with Gasteiger partial charge in [-0.15, -0.1) is 0 Å². The van der Waals surface area contributed by atoms with E-state index < -0.39 is 19.8 Å². The highest BCUT2D eigenvalue weighted by atomic mass is 31.2. The van der Waals surface area contributed by atoms with Crippen molar-refractivity contribution < 1.29 is 47.6 Å². The number of phosphoric ester groups is 1. The van der Waals surface area contributed by atoms with Gasteiger partial charge in [-0.1, -0.05) is 114 Å². The minimum Gasteiger partial charge on any atom is -0.480 e. The largest absolute Gasteiger partial charge is 0.480 e. The quantitative estimate of drug-likeness (QED) is 0.0413. The predicted molar refractivity (Wildman–Crippen MR) is 222 cm³/mol. The Morgan fingerprint density at radius 1 is 0.571 bits per heavy atom. The molecular formula is C42H76N4O9P+. The average Bonchev–Trinajstić information content (AvgIpc) is 3.19. The van der Waals surface area contributed by atoms with Crippen molar-refractivity contribution in [2.45, 2.75) is 116 Å². The number of carboxylic acid groups (broad SMARTS) is 2. The highest BCUT2D eigenvalue weighted by Gasteiger charge is 2.23. The summed E-state index contributed by atoms with van der Waals surface area (Å²) in [4.78, 5) is 51.0. The topological polar surface area (TPSA) is 157 Å². The Kier molecular flexibility index (Phi) is 25.9. The molecule has 1 aliphatic rings. The number of rotatable bonds is 32. The molecule has 1 aromatic rings. The highest BCUT2D eigenvalue weighted by Crippen LogP contribution is 2.43. The van der Waals surface area contributed by atoms with Gasteiger partial charge in [0.15, 0.2) is 5.78 Å². The molecule has 56 heavy (non-hydrogen) atoms. The highest BCUT2D eigenvalue weighted by molar-refractivity contribution is 7.47. The second-order valence-corrected chi connectivity index (χ2v) is 18.2. The first kappa shape index (κ1) is 49.9. The summed E-state index contributed by atoms with van der Waals surface area (Å²) in [6, 6.07) is 8.38. The van der Waals surface area contributed by atoms with Crippen molar-refractivity contribution in [3.63, 3.8) is 0 Å². The number of Topliss-reactive ketones (excluding diaryl/α,β-unsaturated/α-hetero) is 1. The summed E-state index contributed by atoms with van der Waals surface area (Å²) in [5, 5.41) is 18.5. The number of nitrogens with zero attached hydrogens (tertiary/aromatic N) is 4.